The van der Waals surface area contributed by atoms with Gasteiger partial charge >= 0.3 is 11.9 Å². The largest absolute Gasteiger partial charge is 0.465 e. The highest BCUT2D eigenvalue weighted by Gasteiger charge is 2.38. The molecule has 3 heterocycles. The number of nitrogens with one attached hydrogen (secondary N) is 1. The van der Waals surface area contributed by atoms with Crippen LogP contribution >= 0.6 is 0 Å². The number of ether oxygens (including phenoxy) is 2. The van der Waals surface area contributed by atoms with Crippen LogP contribution in [-0.4, -0.2) is 47.6 Å². The van der Waals surface area contributed by atoms with Crippen molar-refractivity contribution in [2.24, 2.45) is 0 Å². The lowest BCUT2D eigenvalue weighted by molar-refractivity contribution is -0.145. The van der Waals surface area contributed by atoms with Gasteiger partial charge in [-0.3, -0.25) is 9.69 Å². The lowest BCUT2D eigenvalue weighted by Crippen LogP contribution is -2.41. The van der Waals surface area contributed by atoms with E-state index in [1.54, 1.807) is 6.07 Å². The molecule has 0 unspecified atom stereocenters. The highest BCUT2D eigenvalue weighted by atomic mass is 16.6. The molecule has 2 aliphatic rings. The summed E-state index contributed by atoms with van der Waals surface area (Å²) in [6.45, 7) is 3.45. The number of aromatic nitrogens is 1. The molecule has 0 aliphatic carbocycles. The van der Waals surface area contributed by atoms with Gasteiger partial charge < -0.3 is 14.5 Å². The van der Waals surface area contributed by atoms with Crippen LogP contribution in [0.25, 0.3) is 10.9 Å². The quantitative estimate of drug-likeness (QED) is 0.854. The molecule has 2 aliphatic heterocycles. The SMILES string of the molecule is COC(=O)c1ccc2[nH]c3c(c2c1)CN([C@@H]1C[C@@H](C)OC1=O)CC3. The molecule has 2 aromatic rings. The molecule has 126 valence electrons. The number of carbonyl (C=O) groups is 2. The van der Waals surface area contributed by atoms with Crippen molar-refractivity contribution in [1.82, 2.24) is 9.88 Å². The fourth-order valence-electron chi connectivity index (χ4n) is 3.78. The third kappa shape index (κ3) is 2.38. The van der Waals surface area contributed by atoms with Gasteiger partial charge in [0.05, 0.1) is 12.7 Å². The molecular weight excluding hydrogens is 308 g/mol. The van der Waals surface area contributed by atoms with Crippen LogP contribution in [0.15, 0.2) is 18.2 Å². The van der Waals surface area contributed by atoms with E-state index in [1.807, 2.05) is 19.1 Å². The number of rotatable bonds is 2. The monoisotopic (exact) mass is 328 g/mol. The molecule has 1 saturated heterocycles. The number of esters is 2. The zero-order valence-corrected chi connectivity index (χ0v) is 13.8. The maximum Gasteiger partial charge on any atom is 0.337 e. The molecule has 4 rings (SSSR count). The van der Waals surface area contributed by atoms with Gasteiger partial charge in [0.15, 0.2) is 0 Å². The maximum absolute atomic E-state index is 12.0. The van der Waals surface area contributed by atoms with Crippen molar-refractivity contribution in [3.05, 3.63) is 35.0 Å². The van der Waals surface area contributed by atoms with E-state index in [-0.39, 0.29) is 24.1 Å². The standard InChI is InChI=1S/C18H20N2O4/c1-10-7-16(18(22)24-10)20-6-5-15-13(9-20)12-8-11(17(21)23-2)3-4-14(12)19-15/h3-4,8,10,16,19H,5-7,9H2,1-2H3/t10-,16-/m1/s1. The van der Waals surface area contributed by atoms with Crippen LogP contribution in [0.2, 0.25) is 0 Å². The smallest absolute Gasteiger partial charge is 0.337 e. The van der Waals surface area contributed by atoms with E-state index >= 15 is 0 Å². The summed E-state index contributed by atoms with van der Waals surface area (Å²) in [5.74, 6) is -0.464. The van der Waals surface area contributed by atoms with Gasteiger partial charge in [-0.05, 0) is 30.7 Å². The Morgan fingerprint density at radius 3 is 2.96 bits per heavy atom. The number of benzene rings is 1. The van der Waals surface area contributed by atoms with Crippen LogP contribution in [0.5, 0.6) is 0 Å². The number of H-pyrrole nitrogens is 1. The first-order valence-electron chi connectivity index (χ1n) is 8.23. The molecule has 24 heavy (non-hydrogen) atoms. The van der Waals surface area contributed by atoms with Crippen LogP contribution in [0.4, 0.5) is 0 Å². The summed E-state index contributed by atoms with van der Waals surface area (Å²) < 4.78 is 10.1. The van der Waals surface area contributed by atoms with E-state index in [4.69, 9.17) is 9.47 Å². The van der Waals surface area contributed by atoms with Gasteiger partial charge in [0.25, 0.3) is 0 Å². The maximum atomic E-state index is 12.0. The van der Waals surface area contributed by atoms with E-state index in [2.05, 4.69) is 9.88 Å². The Morgan fingerprint density at radius 1 is 1.42 bits per heavy atom. The van der Waals surface area contributed by atoms with Gasteiger partial charge in [0, 0.05) is 42.5 Å². The van der Waals surface area contributed by atoms with Gasteiger partial charge in [-0.15, -0.1) is 0 Å². The Bertz CT molecular complexity index is 826. The second-order valence-electron chi connectivity index (χ2n) is 6.55. The van der Waals surface area contributed by atoms with Crippen LogP contribution in [0, 0.1) is 0 Å². The van der Waals surface area contributed by atoms with Crippen LogP contribution in [-0.2, 0) is 27.2 Å². The van der Waals surface area contributed by atoms with E-state index in [1.165, 1.54) is 12.8 Å². The van der Waals surface area contributed by atoms with Gasteiger partial charge in [-0.1, -0.05) is 0 Å². The Kier molecular flexibility index (Phi) is 3.57. The Labute approximate surface area is 139 Å². The van der Waals surface area contributed by atoms with Crippen molar-refractivity contribution in [2.45, 2.75) is 38.5 Å². The lowest BCUT2D eigenvalue weighted by Gasteiger charge is -2.30. The average Bonchev–Trinajstić information content (AvgIpc) is 3.12. The molecule has 0 bridgehead atoms. The predicted molar refractivity (Wildman–Crippen MR) is 87.7 cm³/mol. The fourth-order valence-corrected chi connectivity index (χ4v) is 3.78. The fraction of sp³-hybridized carbons (Fsp3) is 0.444. The van der Waals surface area contributed by atoms with Crippen molar-refractivity contribution in [2.75, 3.05) is 13.7 Å². The van der Waals surface area contributed by atoms with Crippen molar-refractivity contribution in [3.63, 3.8) is 0 Å². The number of hydrogen-bond donors (Lipinski definition) is 1. The summed E-state index contributed by atoms with van der Waals surface area (Å²) in [6.07, 6.45) is 1.58. The van der Waals surface area contributed by atoms with Crippen molar-refractivity contribution in [1.29, 1.82) is 0 Å². The average molecular weight is 328 g/mol. The van der Waals surface area contributed by atoms with Gasteiger partial charge in [0.2, 0.25) is 0 Å². The van der Waals surface area contributed by atoms with Gasteiger partial charge in [0.1, 0.15) is 12.1 Å². The second kappa shape index (κ2) is 5.63. The lowest BCUT2D eigenvalue weighted by atomic mass is 10.0. The summed E-state index contributed by atoms with van der Waals surface area (Å²) >= 11 is 0. The molecule has 0 radical (unpaired) electrons. The Balaban J connectivity index is 1.69. The third-order valence-corrected chi connectivity index (χ3v) is 5.01. The van der Waals surface area contributed by atoms with Crippen molar-refractivity contribution >= 4 is 22.8 Å². The zero-order chi connectivity index (χ0) is 16.8. The summed E-state index contributed by atoms with van der Waals surface area (Å²) in [4.78, 5) is 29.5. The normalized spacial score (nSPS) is 24.0. The van der Waals surface area contributed by atoms with Crippen molar-refractivity contribution < 1.29 is 19.1 Å². The Morgan fingerprint density at radius 2 is 2.25 bits per heavy atom. The molecule has 0 amide bonds. The highest BCUT2D eigenvalue weighted by molar-refractivity contribution is 5.96. The summed E-state index contributed by atoms with van der Waals surface area (Å²) in [6, 6.07) is 5.39. The van der Waals surface area contributed by atoms with Crippen molar-refractivity contribution in [3.8, 4) is 0 Å². The number of methoxy groups -OCH3 is 1. The number of cyclic esters (lactones) is 1. The minimum Gasteiger partial charge on any atom is -0.465 e. The molecule has 0 saturated carbocycles. The van der Waals surface area contributed by atoms with E-state index < -0.39 is 0 Å². The molecule has 1 aromatic carbocycles. The summed E-state index contributed by atoms with van der Waals surface area (Å²) in [5.41, 5.74) is 3.90. The topological polar surface area (TPSA) is 71.6 Å². The first kappa shape index (κ1) is 15.2. The number of aromatic amines is 1. The van der Waals surface area contributed by atoms with Crippen LogP contribution < -0.4 is 0 Å². The first-order chi connectivity index (χ1) is 11.6. The summed E-state index contributed by atoms with van der Waals surface area (Å²) in [5, 5.41) is 1.03. The third-order valence-electron chi connectivity index (χ3n) is 5.01. The molecule has 1 N–H and O–H groups in total. The predicted octanol–water partition coefficient (Wildman–Crippen LogP) is 2.02. The number of hydrogen-bond acceptors (Lipinski definition) is 5. The minimum absolute atomic E-state index is 0.0159. The van der Waals surface area contributed by atoms with E-state index in [0.29, 0.717) is 12.1 Å². The molecule has 0 spiro atoms. The Hall–Kier alpha value is -2.34. The number of nitrogens with zero attached hydrogens (tertiary/aromatic N) is 1. The van der Waals surface area contributed by atoms with Crippen LogP contribution in [0.1, 0.15) is 35.0 Å². The van der Waals surface area contributed by atoms with E-state index in [0.717, 1.165) is 35.9 Å². The van der Waals surface area contributed by atoms with E-state index in [9.17, 15) is 9.59 Å². The molecule has 6 heteroatoms. The van der Waals surface area contributed by atoms with Gasteiger partial charge in [-0.25, -0.2) is 4.79 Å². The first-order valence-corrected chi connectivity index (χ1v) is 8.23. The van der Waals surface area contributed by atoms with Crippen LogP contribution in [0.3, 0.4) is 0 Å². The molecular formula is C18H20N2O4. The molecule has 1 aromatic heterocycles. The number of carbonyl (C=O) groups excluding carboxylic acids is 2. The molecule has 6 nitrogen and oxygen atoms in total. The summed E-state index contributed by atoms with van der Waals surface area (Å²) in [7, 11) is 1.38. The highest BCUT2D eigenvalue weighted by Crippen LogP contribution is 2.31. The van der Waals surface area contributed by atoms with Gasteiger partial charge in [-0.2, -0.15) is 0 Å². The second-order valence-corrected chi connectivity index (χ2v) is 6.55. The molecule has 2 atom stereocenters. The number of fused-ring (bicyclic) bond motifs is 3. The zero-order valence-electron chi connectivity index (χ0n) is 13.8. The molecule has 1 fully saturated rings. The minimum atomic E-state index is -0.340.